The Morgan fingerprint density at radius 3 is 2.11 bits per heavy atom. The molecule has 79 heavy (non-hydrogen) atoms. The van der Waals surface area contributed by atoms with Crippen LogP contribution in [0.2, 0.25) is 0 Å². The minimum Gasteiger partial charge on any atom is -0.507 e. The second-order valence-corrected chi connectivity index (χ2v) is 21.2. The second-order valence-electron chi connectivity index (χ2n) is 21.2. The van der Waals surface area contributed by atoms with Crippen LogP contribution in [0, 0.1) is 11.8 Å². The average Bonchev–Trinajstić information content (AvgIpc) is 4.08. The number of methoxy groups -OCH3 is 1. The van der Waals surface area contributed by atoms with E-state index < -0.39 is 174 Å². The van der Waals surface area contributed by atoms with E-state index in [4.69, 9.17) is 14.2 Å². The molecule has 0 bridgehead atoms. The number of nitrogens with zero attached hydrogens (tertiary/aromatic N) is 1. The highest BCUT2D eigenvalue weighted by molar-refractivity contribution is 6.31. The summed E-state index contributed by atoms with van der Waals surface area (Å²) in [4.78, 5) is 134. The van der Waals surface area contributed by atoms with Gasteiger partial charge in [-0.3, -0.25) is 47.9 Å². The van der Waals surface area contributed by atoms with E-state index in [1.54, 1.807) is 27.7 Å². The van der Waals surface area contributed by atoms with E-state index in [-0.39, 0.29) is 72.2 Å². The molecule has 2 heterocycles. The molecular weight excluding hydrogens is 1040 g/mol. The lowest BCUT2D eigenvalue weighted by Gasteiger charge is -2.43. The number of amides is 7. The van der Waals surface area contributed by atoms with Crippen molar-refractivity contribution in [3.05, 3.63) is 51.6 Å². The number of benzene rings is 2. The van der Waals surface area contributed by atoms with Crippen LogP contribution in [0.4, 0.5) is 0 Å². The number of fused-ring (bicyclic) bond motifs is 3. The average molecular weight is 1110 g/mol. The van der Waals surface area contributed by atoms with E-state index in [0.29, 0.717) is 12.8 Å². The highest BCUT2D eigenvalue weighted by atomic mass is 16.7. The van der Waals surface area contributed by atoms with Gasteiger partial charge in [-0.15, -0.1) is 0 Å². The number of aliphatic hydroxyl groups excluding tert-OH is 3. The molecule has 10 atom stereocenters. The van der Waals surface area contributed by atoms with E-state index in [2.05, 4.69) is 31.9 Å². The maximum Gasteiger partial charge on any atom is 0.245 e. The first kappa shape index (κ1) is 61.1. The Hall–Kier alpha value is -7.10. The van der Waals surface area contributed by atoms with E-state index >= 15 is 0 Å². The first-order valence-electron chi connectivity index (χ1n) is 26.1. The van der Waals surface area contributed by atoms with Crippen LogP contribution < -0.4 is 36.6 Å². The van der Waals surface area contributed by atoms with Crippen LogP contribution in [0.15, 0.2) is 18.2 Å². The molecule has 12 N–H and O–H groups in total. The summed E-state index contributed by atoms with van der Waals surface area (Å²) in [6, 6.07) is -2.04. The SMILES string of the molecule is COc1cccc2c1C(=O)c1c(O)c3c(c(O)c1C2=O)C[C@@](O)(C(=O)CO)C[C@@H]3O[C@H]1C[C@H](NC(=O)[C@H](CC(C)C)NC(=O)[C@H](CO)NC(=O)CNC(=O)[C@H](CC(C)C)NC(=O)[C@@H]2CCCN2C(=O)CNC(C)=O)[C@H](O)[C@H](C)O1. The predicted molar refractivity (Wildman–Crippen MR) is 274 cm³/mol. The largest absolute Gasteiger partial charge is 0.507 e. The monoisotopic (exact) mass is 1110 g/mol. The Morgan fingerprint density at radius 2 is 1.49 bits per heavy atom. The first-order chi connectivity index (χ1) is 37.2. The molecule has 6 rings (SSSR count). The highest BCUT2D eigenvalue weighted by Crippen LogP contribution is 2.52. The summed E-state index contributed by atoms with van der Waals surface area (Å²) in [6.45, 7) is 6.94. The third-order valence-corrected chi connectivity index (χ3v) is 14.4. The number of aliphatic hydroxyl groups is 4. The normalized spacial score (nSPS) is 23.5. The van der Waals surface area contributed by atoms with Crippen molar-refractivity contribution in [2.75, 3.05) is 40.0 Å². The third-order valence-electron chi connectivity index (χ3n) is 14.4. The number of Topliss-reactive ketones (excluding diaryl/α,β-unsaturated/α-hetero) is 1. The van der Waals surface area contributed by atoms with Crippen molar-refractivity contribution in [1.82, 2.24) is 36.8 Å². The van der Waals surface area contributed by atoms with Gasteiger partial charge in [0.05, 0.1) is 61.7 Å². The van der Waals surface area contributed by atoms with E-state index in [9.17, 15) is 78.6 Å². The molecule has 2 fully saturated rings. The topological polar surface area (TPSA) is 395 Å². The van der Waals surface area contributed by atoms with E-state index in [1.165, 1.54) is 44.1 Å². The number of nitrogens with one attached hydrogen (secondary N) is 6. The molecule has 26 heteroatoms. The zero-order valence-corrected chi connectivity index (χ0v) is 45.0. The molecule has 26 nitrogen and oxygen atoms in total. The van der Waals surface area contributed by atoms with Crippen LogP contribution in [0.25, 0.3) is 0 Å². The maximum absolute atomic E-state index is 14.1. The molecular formula is C53H71N7O19. The summed E-state index contributed by atoms with van der Waals surface area (Å²) in [5.41, 5.74) is -4.63. The molecule has 432 valence electrons. The number of carbonyl (C=O) groups is 10. The summed E-state index contributed by atoms with van der Waals surface area (Å²) in [7, 11) is 1.27. The molecule has 2 aliphatic carbocycles. The number of carbonyl (C=O) groups excluding carboxylic acids is 10. The molecule has 0 saturated carbocycles. The lowest BCUT2D eigenvalue weighted by Crippen LogP contribution is -2.60. The van der Waals surface area contributed by atoms with Crippen molar-refractivity contribution >= 4 is 58.7 Å². The third kappa shape index (κ3) is 13.7. The van der Waals surface area contributed by atoms with Crippen LogP contribution in [0.5, 0.6) is 17.2 Å². The summed E-state index contributed by atoms with van der Waals surface area (Å²) < 4.78 is 17.6. The molecule has 4 aliphatic rings. The number of phenolic OH excluding ortho intramolecular Hbond substituents is 2. The van der Waals surface area contributed by atoms with Gasteiger partial charge in [-0.05, 0) is 50.5 Å². The first-order valence-corrected chi connectivity index (χ1v) is 26.1. The van der Waals surface area contributed by atoms with Crippen LogP contribution in [-0.4, -0.2) is 189 Å². The van der Waals surface area contributed by atoms with Gasteiger partial charge in [0.1, 0.15) is 59.7 Å². The van der Waals surface area contributed by atoms with Crippen LogP contribution in [0.3, 0.4) is 0 Å². The van der Waals surface area contributed by atoms with Gasteiger partial charge in [-0.2, -0.15) is 0 Å². The molecule has 2 aromatic rings. The number of phenols is 2. The van der Waals surface area contributed by atoms with E-state index in [0.717, 1.165) is 0 Å². The standard InChI is InChI=1S/C53H71N7O19/c1-23(2)14-30(59-52(75)33-11-9-13-60(33)38(66)20-54-26(6)63)49(72)55-19-37(65)56-32(21-61)51(74)58-31(15-24(3)4)50(73)57-29-16-39(78-25(5)44(29)67)79-35-18-53(76,36(64)22-62)17-28-41(35)48(71)43-42(46(28)69)45(68)27-10-8-12-34(77-7)40(27)47(43)70/h8,10,12,23-25,29-33,35,39,44,61-62,67,69,71,76H,9,11,13-22H2,1-7H3,(H,54,63)(H,55,72)(H,56,65)(H,57,73)(H,58,74)(H,59,75)/t25-,29-,30-,31-,32-,33-,35-,39-,44+,53-/m0/s1. The zero-order chi connectivity index (χ0) is 58.4. The number of aromatic hydroxyl groups is 2. The predicted octanol–water partition coefficient (Wildman–Crippen LogP) is -2.06. The summed E-state index contributed by atoms with van der Waals surface area (Å²) in [5.74, 6) is -9.87. The van der Waals surface area contributed by atoms with Crippen molar-refractivity contribution in [2.45, 2.75) is 147 Å². The van der Waals surface area contributed by atoms with Crippen LogP contribution in [0.1, 0.15) is 129 Å². The van der Waals surface area contributed by atoms with Crippen molar-refractivity contribution in [3.8, 4) is 17.2 Å². The second kappa shape index (κ2) is 25.8. The number of likely N-dealkylation sites (tertiary alicyclic amines) is 1. The van der Waals surface area contributed by atoms with Gasteiger partial charge in [-0.1, -0.05) is 39.8 Å². The van der Waals surface area contributed by atoms with Gasteiger partial charge in [0.25, 0.3) is 0 Å². The molecule has 2 aliphatic heterocycles. The van der Waals surface area contributed by atoms with E-state index in [1.807, 2.05) is 0 Å². The Labute approximate surface area is 454 Å². The molecule has 0 aromatic heterocycles. The summed E-state index contributed by atoms with van der Waals surface area (Å²) >= 11 is 0. The summed E-state index contributed by atoms with van der Waals surface area (Å²) in [6.07, 6.45) is -6.38. The number of hydrogen-bond donors (Lipinski definition) is 12. The smallest absolute Gasteiger partial charge is 0.245 e. The number of rotatable bonds is 22. The molecule has 2 aromatic carbocycles. The van der Waals surface area contributed by atoms with Gasteiger partial charge >= 0.3 is 0 Å². The Bertz CT molecular complexity index is 2730. The minimum absolute atomic E-state index is 0.000550. The van der Waals surface area contributed by atoms with Gasteiger partial charge in [-0.25, -0.2) is 0 Å². The highest BCUT2D eigenvalue weighted by Gasteiger charge is 2.51. The molecule has 2 saturated heterocycles. The molecule has 0 spiro atoms. The Balaban J connectivity index is 1.13. The maximum atomic E-state index is 14.1. The van der Waals surface area contributed by atoms with Crippen LogP contribution in [-0.2, 0) is 54.3 Å². The van der Waals surface area contributed by atoms with Gasteiger partial charge in [0.2, 0.25) is 47.1 Å². The number of ketones is 3. The van der Waals surface area contributed by atoms with Crippen molar-refractivity contribution < 1.29 is 92.8 Å². The van der Waals surface area contributed by atoms with Crippen molar-refractivity contribution in [3.63, 3.8) is 0 Å². The van der Waals surface area contributed by atoms with Crippen molar-refractivity contribution in [2.24, 2.45) is 11.8 Å². The van der Waals surface area contributed by atoms with Gasteiger partial charge in [0, 0.05) is 49.4 Å². The summed E-state index contributed by atoms with van der Waals surface area (Å²) in [5, 5.41) is 81.9. The fourth-order valence-corrected chi connectivity index (χ4v) is 10.5. The van der Waals surface area contributed by atoms with Crippen LogP contribution >= 0.6 is 0 Å². The fourth-order valence-electron chi connectivity index (χ4n) is 10.5. The quantitative estimate of drug-likeness (QED) is 0.0481. The lowest BCUT2D eigenvalue weighted by atomic mass is 9.72. The Morgan fingerprint density at radius 1 is 0.835 bits per heavy atom. The zero-order valence-electron chi connectivity index (χ0n) is 45.0. The molecule has 0 unspecified atom stereocenters. The van der Waals surface area contributed by atoms with Gasteiger partial charge < -0.3 is 81.7 Å². The molecule has 0 radical (unpaired) electrons. The fraction of sp³-hybridized carbons (Fsp3) is 0.585. The van der Waals surface area contributed by atoms with Crippen molar-refractivity contribution in [1.29, 1.82) is 0 Å². The number of hydrogen-bond acceptors (Lipinski definition) is 19. The Kier molecular flexibility index (Phi) is 20.0. The lowest BCUT2D eigenvalue weighted by molar-refractivity contribution is -0.249. The van der Waals surface area contributed by atoms with Gasteiger partial charge in [0.15, 0.2) is 17.9 Å². The molecule has 7 amide bonds. The number of ether oxygens (including phenoxy) is 3. The minimum atomic E-state index is -2.46.